The molecule has 4 nitrogen and oxygen atoms in total. The number of anilines is 1. The molecule has 0 spiro atoms. The van der Waals surface area contributed by atoms with Gasteiger partial charge in [-0.1, -0.05) is 36.4 Å². The number of rotatable bonds is 3. The van der Waals surface area contributed by atoms with Gasteiger partial charge in [-0.25, -0.2) is 4.98 Å². The molecule has 1 saturated heterocycles. The monoisotopic (exact) mass is 283 g/mol. The molecule has 0 unspecified atom stereocenters. The molecule has 2 N–H and O–H groups in total. The molecule has 0 radical (unpaired) electrons. The Labute approximate surface area is 125 Å². The summed E-state index contributed by atoms with van der Waals surface area (Å²) in [5.41, 5.74) is 2.67. The van der Waals surface area contributed by atoms with E-state index in [1.165, 1.54) is 0 Å². The molecule has 1 fully saturated rings. The number of hydrogen-bond acceptors (Lipinski definition) is 4. The van der Waals surface area contributed by atoms with Crippen molar-refractivity contribution in [1.82, 2.24) is 10.3 Å². The summed E-state index contributed by atoms with van der Waals surface area (Å²) < 4.78 is 0. The Morgan fingerprint density at radius 1 is 1.10 bits per heavy atom. The van der Waals surface area contributed by atoms with Gasteiger partial charge in [0, 0.05) is 37.4 Å². The van der Waals surface area contributed by atoms with Crippen molar-refractivity contribution in [3.8, 4) is 0 Å². The highest BCUT2D eigenvalue weighted by Gasteiger charge is 2.16. The van der Waals surface area contributed by atoms with Crippen LogP contribution in [-0.4, -0.2) is 36.3 Å². The van der Waals surface area contributed by atoms with E-state index >= 15 is 0 Å². The summed E-state index contributed by atoms with van der Waals surface area (Å²) in [4.78, 5) is 6.96. The van der Waals surface area contributed by atoms with Gasteiger partial charge in [-0.2, -0.15) is 0 Å². The number of nitrogens with zero attached hydrogens (tertiary/aromatic N) is 2. The summed E-state index contributed by atoms with van der Waals surface area (Å²) in [6.07, 6.45) is -0.615. The van der Waals surface area contributed by atoms with Gasteiger partial charge in [0.05, 0.1) is 0 Å². The van der Waals surface area contributed by atoms with Crippen LogP contribution in [0.5, 0.6) is 0 Å². The standard InChI is InChI=1S/C17H21N3O/c1-13-15(17(21)14-5-3-2-4-6-14)7-8-16(19-13)20-11-9-18-10-12-20/h2-8,17-18,21H,9-12H2,1H3/t17-/m0/s1. The largest absolute Gasteiger partial charge is 0.384 e. The number of aryl methyl sites for hydroxylation is 1. The predicted octanol–water partition coefficient (Wildman–Crippen LogP) is 1.88. The number of nitrogens with one attached hydrogen (secondary N) is 1. The molecule has 0 amide bonds. The quantitative estimate of drug-likeness (QED) is 0.903. The van der Waals surface area contributed by atoms with E-state index in [9.17, 15) is 5.11 Å². The highest BCUT2D eigenvalue weighted by molar-refractivity contribution is 5.44. The van der Waals surface area contributed by atoms with Gasteiger partial charge in [0.25, 0.3) is 0 Å². The molecule has 0 saturated carbocycles. The Kier molecular flexibility index (Phi) is 4.18. The van der Waals surface area contributed by atoms with Crippen molar-refractivity contribution in [2.75, 3.05) is 31.1 Å². The summed E-state index contributed by atoms with van der Waals surface area (Å²) in [5.74, 6) is 0.998. The van der Waals surface area contributed by atoms with E-state index in [4.69, 9.17) is 0 Å². The third-order valence-corrected chi connectivity index (χ3v) is 3.96. The van der Waals surface area contributed by atoms with E-state index < -0.39 is 6.10 Å². The lowest BCUT2D eigenvalue weighted by Gasteiger charge is -2.29. The lowest BCUT2D eigenvalue weighted by atomic mass is 10.0. The molecule has 2 heterocycles. The molecule has 1 atom stereocenters. The second kappa shape index (κ2) is 6.24. The van der Waals surface area contributed by atoms with Gasteiger partial charge in [0.2, 0.25) is 0 Å². The molecule has 1 aromatic heterocycles. The number of hydrogen-bond donors (Lipinski definition) is 2. The van der Waals surface area contributed by atoms with Crippen LogP contribution in [0.25, 0.3) is 0 Å². The van der Waals surface area contributed by atoms with Crippen LogP contribution in [0.1, 0.15) is 22.9 Å². The molecule has 1 aliphatic rings. The first-order valence-electron chi connectivity index (χ1n) is 7.42. The fourth-order valence-corrected chi connectivity index (χ4v) is 2.73. The van der Waals surface area contributed by atoms with Gasteiger partial charge in [0.15, 0.2) is 0 Å². The summed E-state index contributed by atoms with van der Waals surface area (Å²) in [5, 5.41) is 13.9. The van der Waals surface area contributed by atoms with E-state index in [2.05, 4.69) is 15.2 Å². The fourth-order valence-electron chi connectivity index (χ4n) is 2.73. The zero-order chi connectivity index (χ0) is 14.7. The molecule has 1 aromatic carbocycles. The molecular formula is C17H21N3O. The zero-order valence-corrected chi connectivity index (χ0v) is 12.3. The van der Waals surface area contributed by atoms with E-state index in [0.29, 0.717) is 0 Å². The van der Waals surface area contributed by atoms with Crippen molar-refractivity contribution in [2.24, 2.45) is 0 Å². The minimum absolute atomic E-state index is 0.615. The molecule has 110 valence electrons. The Morgan fingerprint density at radius 2 is 1.81 bits per heavy atom. The van der Waals surface area contributed by atoms with E-state index in [1.54, 1.807) is 0 Å². The van der Waals surface area contributed by atoms with E-state index in [0.717, 1.165) is 48.8 Å². The van der Waals surface area contributed by atoms with Crippen LogP contribution in [0, 0.1) is 6.92 Å². The number of piperazine rings is 1. The number of pyridine rings is 1. The van der Waals surface area contributed by atoms with Gasteiger partial charge in [-0.3, -0.25) is 0 Å². The molecule has 3 rings (SSSR count). The van der Waals surface area contributed by atoms with Gasteiger partial charge in [-0.05, 0) is 18.6 Å². The number of aliphatic hydroxyl groups is 1. The van der Waals surface area contributed by atoms with Crippen LogP contribution in [0.4, 0.5) is 5.82 Å². The summed E-state index contributed by atoms with van der Waals surface area (Å²) in [7, 11) is 0. The van der Waals surface area contributed by atoms with E-state index in [-0.39, 0.29) is 0 Å². The van der Waals surface area contributed by atoms with Crippen molar-refractivity contribution in [2.45, 2.75) is 13.0 Å². The first kappa shape index (κ1) is 14.0. The minimum atomic E-state index is -0.615. The van der Waals surface area contributed by atoms with Crippen LogP contribution in [0.15, 0.2) is 42.5 Å². The molecule has 1 aliphatic heterocycles. The molecule has 0 aliphatic carbocycles. The molecule has 2 aromatic rings. The summed E-state index contributed by atoms with van der Waals surface area (Å²) in [6, 6.07) is 13.7. The highest BCUT2D eigenvalue weighted by atomic mass is 16.3. The minimum Gasteiger partial charge on any atom is -0.384 e. The van der Waals surface area contributed by atoms with Crippen molar-refractivity contribution in [3.05, 3.63) is 59.3 Å². The Hall–Kier alpha value is -1.91. The number of benzene rings is 1. The van der Waals surface area contributed by atoms with Gasteiger partial charge in [-0.15, -0.1) is 0 Å². The first-order valence-corrected chi connectivity index (χ1v) is 7.42. The molecule has 0 bridgehead atoms. The lowest BCUT2D eigenvalue weighted by molar-refractivity contribution is 0.219. The predicted molar refractivity (Wildman–Crippen MR) is 84.6 cm³/mol. The third kappa shape index (κ3) is 3.06. The maximum atomic E-state index is 10.5. The maximum Gasteiger partial charge on any atom is 0.128 e. The van der Waals surface area contributed by atoms with Crippen molar-refractivity contribution in [1.29, 1.82) is 0 Å². The van der Waals surface area contributed by atoms with Gasteiger partial charge >= 0.3 is 0 Å². The molecule has 21 heavy (non-hydrogen) atoms. The molecule has 4 heteroatoms. The Morgan fingerprint density at radius 3 is 2.48 bits per heavy atom. The summed E-state index contributed by atoms with van der Waals surface area (Å²) in [6.45, 7) is 5.91. The third-order valence-electron chi connectivity index (χ3n) is 3.96. The number of aliphatic hydroxyl groups excluding tert-OH is 1. The van der Waals surface area contributed by atoms with Crippen LogP contribution in [0.2, 0.25) is 0 Å². The van der Waals surface area contributed by atoms with Crippen LogP contribution in [-0.2, 0) is 0 Å². The average molecular weight is 283 g/mol. The lowest BCUT2D eigenvalue weighted by Crippen LogP contribution is -2.43. The normalized spacial score (nSPS) is 16.8. The molecular weight excluding hydrogens is 262 g/mol. The fraction of sp³-hybridized carbons (Fsp3) is 0.353. The van der Waals surface area contributed by atoms with Gasteiger partial charge in [0.1, 0.15) is 11.9 Å². The van der Waals surface area contributed by atoms with Crippen LogP contribution >= 0.6 is 0 Å². The topological polar surface area (TPSA) is 48.4 Å². The average Bonchev–Trinajstić information content (AvgIpc) is 2.56. The number of aromatic nitrogens is 1. The van der Waals surface area contributed by atoms with Gasteiger partial charge < -0.3 is 15.3 Å². The van der Waals surface area contributed by atoms with E-state index in [1.807, 2.05) is 49.4 Å². The Balaban J connectivity index is 1.84. The Bertz CT molecular complexity index is 594. The maximum absolute atomic E-state index is 10.5. The van der Waals surface area contributed by atoms with Crippen LogP contribution in [0.3, 0.4) is 0 Å². The van der Waals surface area contributed by atoms with Crippen molar-refractivity contribution >= 4 is 5.82 Å². The van der Waals surface area contributed by atoms with Crippen molar-refractivity contribution in [3.63, 3.8) is 0 Å². The SMILES string of the molecule is Cc1nc(N2CCNCC2)ccc1[C@@H](O)c1ccccc1. The van der Waals surface area contributed by atoms with Crippen molar-refractivity contribution < 1.29 is 5.11 Å². The summed E-state index contributed by atoms with van der Waals surface area (Å²) >= 11 is 0. The second-order valence-corrected chi connectivity index (χ2v) is 5.39. The zero-order valence-electron chi connectivity index (χ0n) is 12.3. The first-order chi connectivity index (χ1) is 10.3. The highest BCUT2D eigenvalue weighted by Crippen LogP contribution is 2.25. The smallest absolute Gasteiger partial charge is 0.128 e. The van der Waals surface area contributed by atoms with Crippen LogP contribution < -0.4 is 10.2 Å². The second-order valence-electron chi connectivity index (χ2n) is 5.39.